The predicted molar refractivity (Wildman–Crippen MR) is 69.9 cm³/mol. The Hall–Kier alpha value is -1.62. The Balaban J connectivity index is 2.03. The van der Waals surface area contributed by atoms with E-state index < -0.39 is 0 Å². The molecule has 0 radical (unpaired) electrons. The number of nitrogens with one attached hydrogen (secondary N) is 1. The van der Waals surface area contributed by atoms with Gasteiger partial charge in [0, 0.05) is 37.6 Å². The van der Waals surface area contributed by atoms with Crippen LogP contribution in [0.5, 0.6) is 0 Å². The maximum Gasteiger partial charge on any atom is 0.0995 e. The third-order valence-electron chi connectivity index (χ3n) is 3.62. The lowest BCUT2D eigenvalue weighted by molar-refractivity contribution is 0.712. The van der Waals surface area contributed by atoms with Gasteiger partial charge in [-0.05, 0) is 19.4 Å². The SMILES string of the molecule is CCc1nn(C)cc1-n1cncc1C1CCNC1. The molecule has 5 heteroatoms. The van der Waals surface area contributed by atoms with Crippen molar-refractivity contribution in [3.63, 3.8) is 0 Å². The van der Waals surface area contributed by atoms with Gasteiger partial charge in [-0.2, -0.15) is 5.10 Å². The summed E-state index contributed by atoms with van der Waals surface area (Å²) in [6.45, 7) is 4.29. The second-order valence-electron chi connectivity index (χ2n) is 4.87. The number of aromatic nitrogens is 4. The smallest absolute Gasteiger partial charge is 0.0995 e. The molecule has 3 rings (SSSR count). The molecule has 96 valence electrons. The first-order valence-electron chi connectivity index (χ1n) is 6.55. The summed E-state index contributed by atoms with van der Waals surface area (Å²) in [4.78, 5) is 4.33. The second kappa shape index (κ2) is 4.57. The normalized spacial score (nSPS) is 19.6. The van der Waals surface area contributed by atoms with E-state index >= 15 is 0 Å². The zero-order chi connectivity index (χ0) is 12.5. The van der Waals surface area contributed by atoms with Gasteiger partial charge in [0.1, 0.15) is 0 Å². The first kappa shape index (κ1) is 11.5. The van der Waals surface area contributed by atoms with E-state index in [-0.39, 0.29) is 0 Å². The number of hydrogen-bond donors (Lipinski definition) is 1. The van der Waals surface area contributed by atoms with Crippen molar-refractivity contribution in [2.75, 3.05) is 13.1 Å². The minimum atomic E-state index is 0.567. The van der Waals surface area contributed by atoms with Crippen molar-refractivity contribution in [3.05, 3.63) is 30.1 Å². The molecule has 0 spiro atoms. The van der Waals surface area contributed by atoms with Crippen molar-refractivity contribution < 1.29 is 0 Å². The van der Waals surface area contributed by atoms with E-state index in [4.69, 9.17) is 0 Å². The van der Waals surface area contributed by atoms with Gasteiger partial charge in [0.15, 0.2) is 0 Å². The minimum absolute atomic E-state index is 0.567. The molecule has 1 saturated heterocycles. The van der Waals surface area contributed by atoms with Gasteiger partial charge in [0.25, 0.3) is 0 Å². The molecule has 1 atom stereocenters. The zero-order valence-corrected chi connectivity index (χ0v) is 10.9. The molecule has 0 bridgehead atoms. The van der Waals surface area contributed by atoms with Crippen LogP contribution in [0.1, 0.15) is 30.7 Å². The lowest BCUT2D eigenvalue weighted by Crippen LogP contribution is -2.11. The van der Waals surface area contributed by atoms with Gasteiger partial charge in [-0.3, -0.25) is 9.25 Å². The first-order chi connectivity index (χ1) is 8.79. The van der Waals surface area contributed by atoms with Crippen LogP contribution in [0.25, 0.3) is 5.69 Å². The molecular weight excluding hydrogens is 226 g/mol. The third-order valence-corrected chi connectivity index (χ3v) is 3.62. The van der Waals surface area contributed by atoms with E-state index in [2.05, 4.69) is 33.1 Å². The molecule has 1 aliphatic rings. The Labute approximate surface area is 107 Å². The van der Waals surface area contributed by atoms with Crippen LogP contribution in [0.3, 0.4) is 0 Å². The summed E-state index contributed by atoms with van der Waals surface area (Å²) >= 11 is 0. The quantitative estimate of drug-likeness (QED) is 0.885. The van der Waals surface area contributed by atoms with Crippen molar-refractivity contribution >= 4 is 0 Å². The van der Waals surface area contributed by atoms with E-state index in [1.807, 2.05) is 24.3 Å². The molecule has 1 unspecified atom stereocenters. The van der Waals surface area contributed by atoms with Crippen LogP contribution in [0.15, 0.2) is 18.7 Å². The highest BCUT2D eigenvalue weighted by Gasteiger charge is 2.22. The Morgan fingerprint density at radius 2 is 2.39 bits per heavy atom. The van der Waals surface area contributed by atoms with Crippen molar-refractivity contribution in [3.8, 4) is 5.69 Å². The largest absolute Gasteiger partial charge is 0.316 e. The average Bonchev–Trinajstić information content (AvgIpc) is 3.07. The van der Waals surface area contributed by atoms with E-state index in [1.165, 1.54) is 17.8 Å². The van der Waals surface area contributed by atoms with E-state index in [0.29, 0.717) is 5.92 Å². The summed E-state index contributed by atoms with van der Waals surface area (Å²) < 4.78 is 4.08. The van der Waals surface area contributed by atoms with E-state index in [9.17, 15) is 0 Å². The number of imidazole rings is 1. The van der Waals surface area contributed by atoms with Crippen LogP contribution in [0.4, 0.5) is 0 Å². The Morgan fingerprint density at radius 3 is 3.11 bits per heavy atom. The summed E-state index contributed by atoms with van der Waals surface area (Å²) in [5.41, 5.74) is 3.59. The van der Waals surface area contributed by atoms with Gasteiger partial charge in [0.05, 0.1) is 17.7 Å². The fraction of sp³-hybridized carbons (Fsp3) is 0.538. The van der Waals surface area contributed by atoms with Crippen LogP contribution < -0.4 is 5.32 Å². The van der Waals surface area contributed by atoms with Crippen molar-refractivity contribution in [1.29, 1.82) is 0 Å². The van der Waals surface area contributed by atoms with Crippen molar-refractivity contribution in [2.24, 2.45) is 7.05 Å². The first-order valence-corrected chi connectivity index (χ1v) is 6.55. The Morgan fingerprint density at radius 1 is 1.50 bits per heavy atom. The van der Waals surface area contributed by atoms with Gasteiger partial charge in [0.2, 0.25) is 0 Å². The lowest BCUT2D eigenvalue weighted by Gasteiger charge is -2.12. The van der Waals surface area contributed by atoms with Gasteiger partial charge in [-0.1, -0.05) is 6.92 Å². The standard InChI is InChI=1S/C13H19N5/c1-3-11-13(8-17(2)16-11)18-9-15-7-12(18)10-4-5-14-6-10/h7-10,14H,3-6H2,1-2H3. The molecule has 18 heavy (non-hydrogen) atoms. The van der Waals surface area contributed by atoms with Gasteiger partial charge >= 0.3 is 0 Å². The molecule has 5 nitrogen and oxygen atoms in total. The highest BCUT2D eigenvalue weighted by Crippen LogP contribution is 2.25. The highest BCUT2D eigenvalue weighted by molar-refractivity contribution is 5.37. The van der Waals surface area contributed by atoms with Crippen LogP contribution in [-0.2, 0) is 13.5 Å². The highest BCUT2D eigenvalue weighted by atomic mass is 15.3. The van der Waals surface area contributed by atoms with Crippen LogP contribution >= 0.6 is 0 Å². The summed E-state index contributed by atoms with van der Waals surface area (Å²) in [6.07, 6.45) is 8.10. The second-order valence-corrected chi connectivity index (χ2v) is 4.87. The van der Waals surface area contributed by atoms with Crippen molar-refractivity contribution in [1.82, 2.24) is 24.6 Å². The minimum Gasteiger partial charge on any atom is -0.316 e. The van der Waals surface area contributed by atoms with Crippen LogP contribution in [-0.4, -0.2) is 32.4 Å². The number of hydrogen-bond acceptors (Lipinski definition) is 3. The molecule has 0 amide bonds. The van der Waals surface area contributed by atoms with Crippen molar-refractivity contribution in [2.45, 2.75) is 25.7 Å². The maximum atomic E-state index is 4.51. The topological polar surface area (TPSA) is 47.7 Å². The predicted octanol–water partition coefficient (Wildman–Crippen LogP) is 1.25. The summed E-state index contributed by atoms with van der Waals surface area (Å²) in [5, 5.41) is 7.92. The Bertz CT molecular complexity index is 533. The molecule has 1 aliphatic heterocycles. The molecular formula is C13H19N5. The molecule has 0 aromatic carbocycles. The van der Waals surface area contributed by atoms with Gasteiger partial charge in [-0.25, -0.2) is 4.98 Å². The molecule has 1 N–H and O–H groups in total. The lowest BCUT2D eigenvalue weighted by atomic mass is 10.1. The fourth-order valence-electron chi connectivity index (χ4n) is 2.69. The van der Waals surface area contributed by atoms with Gasteiger partial charge < -0.3 is 5.32 Å². The maximum absolute atomic E-state index is 4.51. The molecule has 0 aliphatic carbocycles. The zero-order valence-electron chi connectivity index (χ0n) is 10.9. The third kappa shape index (κ3) is 1.84. The number of nitrogens with zero attached hydrogens (tertiary/aromatic N) is 4. The van der Waals surface area contributed by atoms with Crippen LogP contribution in [0, 0.1) is 0 Å². The Kier molecular flexibility index (Phi) is 2.91. The molecule has 3 heterocycles. The van der Waals surface area contributed by atoms with E-state index in [0.717, 1.165) is 25.2 Å². The van der Waals surface area contributed by atoms with Gasteiger partial charge in [-0.15, -0.1) is 0 Å². The fourth-order valence-corrected chi connectivity index (χ4v) is 2.69. The summed E-state index contributed by atoms with van der Waals surface area (Å²) in [5.74, 6) is 0.567. The molecule has 2 aromatic heterocycles. The van der Waals surface area contributed by atoms with E-state index in [1.54, 1.807) is 0 Å². The summed E-state index contributed by atoms with van der Waals surface area (Å²) in [7, 11) is 1.97. The molecule has 1 fully saturated rings. The number of rotatable bonds is 3. The van der Waals surface area contributed by atoms with Crippen LogP contribution in [0.2, 0.25) is 0 Å². The average molecular weight is 245 g/mol. The summed E-state index contributed by atoms with van der Waals surface area (Å²) in [6, 6.07) is 0. The molecule has 2 aromatic rings. The monoisotopic (exact) mass is 245 g/mol. The number of aryl methyl sites for hydroxylation is 2. The molecule has 0 saturated carbocycles.